The number of nitrogens with zero attached hydrogens (tertiary/aromatic N) is 1. The van der Waals surface area contributed by atoms with E-state index >= 15 is 26.3 Å². The van der Waals surface area contributed by atoms with E-state index < -0.39 is 55.8 Å². The first-order valence-electron chi connectivity index (χ1n) is 26.2. The molecule has 2 atom stereocenters. The molecule has 0 spiro atoms. The third kappa shape index (κ3) is 14.4. The zero-order valence-electron chi connectivity index (χ0n) is 41.7. The fourth-order valence-electron chi connectivity index (χ4n) is 10.9. The Morgan fingerprint density at radius 3 is 1.01 bits per heavy atom. The highest BCUT2D eigenvalue weighted by molar-refractivity contribution is 7.84. The van der Waals surface area contributed by atoms with E-state index in [1.165, 1.54) is 70.9 Å². The van der Waals surface area contributed by atoms with Crippen molar-refractivity contribution in [2.75, 3.05) is 0 Å². The van der Waals surface area contributed by atoms with Crippen molar-refractivity contribution in [3.05, 3.63) is 108 Å². The Morgan fingerprint density at radius 2 is 0.731 bits per heavy atom. The zero-order valence-corrected chi connectivity index (χ0v) is 45.5. The van der Waals surface area contributed by atoms with Crippen LogP contribution in [-0.2, 0) is 12.4 Å². The minimum absolute atomic E-state index is 0.175. The zero-order chi connectivity index (χ0) is 48.5. The van der Waals surface area contributed by atoms with E-state index in [1.54, 1.807) is 24.3 Å². The third-order valence-electron chi connectivity index (χ3n) is 14.7. The molecule has 11 heteroatoms. The van der Waals surface area contributed by atoms with E-state index in [9.17, 15) is 0 Å². The SMILES string of the molecule is CCCC[Si](CCCC)(CCCC)c1ccc(P(c2ccccc2C(F)(F)F)N(C2CCCCC2)P(c2ccc([Si](CCCC)(CCCC)CCCC)cc2)c2ccccc2C(F)(F)F)cc1. The predicted octanol–water partition coefficient (Wildman–Crippen LogP) is 16.9. The van der Waals surface area contributed by atoms with E-state index in [-0.39, 0.29) is 16.7 Å². The van der Waals surface area contributed by atoms with Crippen molar-refractivity contribution in [2.24, 2.45) is 0 Å². The molecule has 0 radical (unpaired) electrons. The van der Waals surface area contributed by atoms with Gasteiger partial charge in [-0.15, -0.1) is 0 Å². The minimum atomic E-state index is -4.66. The standard InChI is InChI=1S/C56H81F6NP2Si2/c1-7-13-40-66(41-14-8-2,42-15-9-3)49-36-32-47(33-37-49)64(53-30-24-22-28-51(53)55(57,58)59)63(46-26-20-19-21-27-46)65(54-31-25-23-29-52(54)56(60,61)62)48-34-38-50(39-35-48)67(43-16-10-4,44-17-11-5)45-18-12-6/h22-25,28-39,46H,7-21,26-27,40-45H2,1-6H3. The Balaban J connectivity index is 1.86. The quantitative estimate of drug-likeness (QED) is 0.0327. The molecule has 0 saturated heterocycles. The number of hydrogen-bond acceptors (Lipinski definition) is 1. The van der Waals surface area contributed by atoms with E-state index in [2.05, 4.69) is 94.5 Å². The van der Waals surface area contributed by atoms with Gasteiger partial charge in [-0.1, -0.05) is 269 Å². The van der Waals surface area contributed by atoms with E-state index in [0.29, 0.717) is 0 Å². The highest BCUT2D eigenvalue weighted by atomic mass is 31.2. The van der Waals surface area contributed by atoms with Gasteiger partial charge in [0.25, 0.3) is 0 Å². The molecule has 0 amide bonds. The summed E-state index contributed by atoms with van der Waals surface area (Å²) in [4.78, 5) is 0. The van der Waals surface area contributed by atoms with Crippen LogP contribution in [-0.4, -0.2) is 26.6 Å². The molecule has 0 aliphatic heterocycles. The number of benzene rings is 4. The van der Waals surface area contributed by atoms with Gasteiger partial charge in [0, 0.05) is 32.8 Å². The van der Waals surface area contributed by atoms with Crippen molar-refractivity contribution >= 4 is 63.9 Å². The first kappa shape index (κ1) is 55.6. The first-order valence-corrected chi connectivity index (χ1v) is 34.0. The molecule has 1 fully saturated rings. The minimum Gasteiger partial charge on any atom is -0.242 e. The van der Waals surface area contributed by atoms with Crippen molar-refractivity contribution in [1.82, 2.24) is 4.44 Å². The number of halogens is 6. The average molecular weight is 1000 g/mol. The van der Waals surface area contributed by atoms with Crippen molar-refractivity contribution < 1.29 is 26.3 Å². The third-order valence-corrected chi connectivity index (χ3v) is 31.5. The molecule has 1 aliphatic rings. The largest absolute Gasteiger partial charge is 0.417 e. The highest BCUT2D eigenvalue weighted by Crippen LogP contribution is 2.60. The maximum Gasteiger partial charge on any atom is 0.417 e. The van der Waals surface area contributed by atoms with Gasteiger partial charge in [0.05, 0.1) is 27.3 Å². The van der Waals surface area contributed by atoms with Gasteiger partial charge in [-0.25, -0.2) is 4.44 Å². The van der Waals surface area contributed by atoms with Crippen LogP contribution in [0.4, 0.5) is 26.3 Å². The van der Waals surface area contributed by atoms with Gasteiger partial charge in [-0.05, 0) is 35.6 Å². The number of alkyl halides is 6. The lowest BCUT2D eigenvalue weighted by atomic mass is 9.96. The molecule has 0 bridgehead atoms. The molecule has 0 heterocycles. The Hall–Kier alpha value is -2.29. The summed E-state index contributed by atoms with van der Waals surface area (Å²) in [6.07, 6.45) is 8.53. The molecular weight excluding hydrogens is 919 g/mol. The van der Waals surface area contributed by atoms with Gasteiger partial charge in [-0.2, -0.15) is 26.3 Å². The predicted molar refractivity (Wildman–Crippen MR) is 286 cm³/mol. The van der Waals surface area contributed by atoms with Gasteiger partial charge >= 0.3 is 12.4 Å². The molecule has 5 rings (SSSR count). The second-order valence-corrected chi connectivity index (χ2v) is 33.2. The lowest BCUT2D eigenvalue weighted by Crippen LogP contribution is -2.48. The lowest BCUT2D eigenvalue weighted by Gasteiger charge is -2.46. The smallest absolute Gasteiger partial charge is 0.242 e. The molecule has 0 N–H and O–H groups in total. The van der Waals surface area contributed by atoms with Crippen molar-refractivity contribution in [2.45, 2.75) is 205 Å². The van der Waals surface area contributed by atoms with Crippen LogP contribution in [0.5, 0.6) is 0 Å². The summed E-state index contributed by atoms with van der Waals surface area (Å²) in [5.41, 5.74) is -1.40. The fraction of sp³-hybridized carbons (Fsp3) is 0.571. The monoisotopic (exact) mass is 1000 g/mol. The summed E-state index contributed by atoms with van der Waals surface area (Å²) in [6.45, 7) is 13.5. The van der Waals surface area contributed by atoms with Crippen LogP contribution in [0, 0.1) is 0 Å². The molecule has 1 aliphatic carbocycles. The van der Waals surface area contributed by atoms with Crippen LogP contribution < -0.4 is 31.6 Å². The topological polar surface area (TPSA) is 3.24 Å². The molecule has 2 unspecified atom stereocenters. The summed E-state index contributed by atoms with van der Waals surface area (Å²) in [6, 6.07) is 36.3. The van der Waals surface area contributed by atoms with E-state index in [0.717, 1.165) is 120 Å². The van der Waals surface area contributed by atoms with Gasteiger partial charge in [-0.3, -0.25) is 0 Å². The van der Waals surface area contributed by atoms with E-state index in [1.807, 2.05) is 0 Å². The van der Waals surface area contributed by atoms with E-state index in [4.69, 9.17) is 0 Å². The van der Waals surface area contributed by atoms with Crippen molar-refractivity contribution in [3.63, 3.8) is 0 Å². The van der Waals surface area contributed by atoms with Crippen LogP contribution in [0.15, 0.2) is 97.1 Å². The first-order chi connectivity index (χ1) is 32.2. The lowest BCUT2D eigenvalue weighted by molar-refractivity contribution is -0.137. The van der Waals surface area contributed by atoms with Crippen LogP contribution in [0.2, 0.25) is 36.3 Å². The normalized spacial score (nSPS) is 15.3. The Kier molecular flexibility index (Phi) is 22.2. The molecule has 0 aromatic heterocycles. The Bertz CT molecular complexity index is 1850. The highest BCUT2D eigenvalue weighted by Gasteiger charge is 2.45. The fourth-order valence-corrected chi connectivity index (χ4v) is 28.7. The second kappa shape index (κ2) is 26.8. The number of unbranched alkanes of at least 4 members (excludes halogenated alkanes) is 6. The second-order valence-electron chi connectivity index (χ2n) is 19.5. The Morgan fingerprint density at radius 1 is 0.433 bits per heavy atom. The van der Waals surface area contributed by atoms with Crippen LogP contribution in [0.25, 0.3) is 0 Å². The van der Waals surface area contributed by atoms with Crippen LogP contribution in [0.3, 0.4) is 0 Å². The molecule has 1 saturated carbocycles. The van der Waals surface area contributed by atoms with Gasteiger partial charge in [0.1, 0.15) is 0 Å². The number of hydrogen-bond donors (Lipinski definition) is 0. The average Bonchev–Trinajstić information content (AvgIpc) is 3.34. The van der Waals surface area contributed by atoms with Gasteiger partial charge < -0.3 is 0 Å². The number of rotatable bonds is 27. The molecule has 4 aromatic rings. The maximum atomic E-state index is 15.6. The van der Waals surface area contributed by atoms with Gasteiger partial charge in [0.2, 0.25) is 0 Å². The summed E-state index contributed by atoms with van der Waals surface area (Å²) in [5, 5.41) is 4.66. The molecule has 1 nitrogen and oxygen atoms in total. The van der Waals surface area contributed by atoms with Crippen molar-refractivity contribution in [3.8, 4) is 0 Å². The molecule has 67 heavy (non-hydrogen) atoms. The maximum absolute atomic E-state index is 15.6. The summed E-state index contributed by atoms with van der Waals surface area (Å²) >= 11 is 0. The van der Waals surface area contributed by atoms with Crippen LogP contribution >= 0.6 is 16.1 Å². The van der Waals surface area contributed by atoms with Gasteiger partial charge in [0.15, 0.2) is 0 Å². The van der Waals surface area contributed by atoms with Crippen LogP contribution in [0.1, 0.15) is 162 Å². The molecular formula is C56H81F6NP2Si2. The summed E-state index contributed by atoms with van der Waals surface area (Å²) in [7, 11) is -7.94. The summed E-state index contributed by atoms with van der Waals surface area (Å²) in [5.74, 6) is 0. The molecule has 370 valence electrons. The molecule has 4 aromatic carbocycles. The summed E-state index contributed by atoms with van der Waals surface area (Å²) < 4.78 is 95.6. The Labute approximate surface area is 406 Å². The van der Waals surface area contributed by atoms with Crippen molar-refractivity contribution in [1.29, 1.82) is 0 Å².